The summed E-state index contributed by atoms with van der Waals surface area (Å²) in [6, 6.07) is 10.3. The van der Waals surface area contributed by atoms with Gasteiger partial charge in [-0.05, 0) is 84.8 Å². The van der Waals surface area contributed by atoms with E-state index in [0.29, 0.717) is 24.7 Å². The molecule has 4 nitrogen and oxygen atoms in total. The number of rotatable bonds is 11. The van der Waals surface area contributed by atoms with E-state index in [0.717, 1.165) is 41.7 Å². The molecule has 26 heavy (non-hydrogen) atoms. The first-order valence-electron chi connectivity index (χ1n) is 8.81. The van der Waals surface area contributed by atoms with E-state index in [-0.39, 0.29) is 5.82 Å². The van der Waals surface area contributed by atoms with Gasteiger partial charge in [0.25, 0.3) is 0 Å². The molecule has 0 amide bonds. The van der Waals surface area contributed by atoms with Gasteiger partial charge in [-0.1, -0.05) is 12.1 Å². The summed E-state index contributed by atoms with van der Waals surface area (Å²) in [5, 5.41) is 6.56. The van der Waals surface area contributed by atoms with Gasteiger partial charge in [-0.15, -0.1) is 0 Å². The highest BCUT2D eigenvalue weighted by atomic mass is 79.9. The van der Waals surface area contributed by atoms with Gasteiger partial charge in [0.15, 0.2) is 11.5 Å². The molecule has 0 bridgehead atoms. The molecule has 0 saturated carbocycles. The fraction of sp³-hybridized carbons (Fsp3) is 0.400. The maximum absolute atomic E-state index is 13.0. The van der Waals surface area contributed by atoms with Crippen molar-refractivity contribution in [1.82, 2.24) is 10.6 Å². The number of benzene rings is 2. The second-order valence-electron chi connectivity index (χ2n) is 5.89. The first kappa shape index (κ1) is 20.7. The summed E-state index contributed by atoms with van der Waals surface area (Å²) >= 11 is 3.58. The normalized spacial score (nSPS) is 10.8. The average molecular weight is 425 g/mol. The molecule has 2 N–H and O–H groups in total. The van der Waals surface area contributed by atoms with Crippen LogP contribution in [0.25, 0.3) is 0 Å². The molecule has 0 atom stereocenters. The maximum Gasteiger partial charge on any atom is 0.175 e. The van der Waals surface area contributed by atoms with E-state index >= 15 is 0 Å². The van der Waals surface area contributed by atoms with Crippen LogP contribution in [-0.4, -0.2) is 26.7 Å². The summed E-state index contributed by atoms with van der Waals surface area (Å²) in [7, 11) is 1.95. The highest BCUT2D eigenvalue weighted by Gasteiger charge is 2.12. The molecule has 0 heterocycles. The lowest BCUT2D eigenvalue weighted by atomic mass is 10.2. The second kappa shape index (κ2) is 11.2. The van der Waals surface area contributed by atoms with Crippen LogP contribution in [0.5, 0.6) is 11.5 Å². The number of nitrogens with one attached hydrogen (secondary N) is 2. The van der Waals surface area contributed by atoms with Crippen molar-refractivity contribution in [1.29, 1.82) is 0 Å². The van der Waals surface area contributed by atoms with Gasteiger partial charge in [0.2, 0.25) is 0 Å². The molecule has 0 aliphatic carbocycles. The SMILES string of the molecule is CCOc1cc(CNCCCNC)cc(Br)c1OCc1ccc(F)cc1. The van der Waals surface area contributed by atoms with E-state index < -0.39 is 0 Å². The van der Waals surface area contributed by atoms with Gasteiger partial charge < -0.3 is 20.1 Å². The minimum absolute atomic E-state index is 0.253. The number of halogens is 2. The predicted octanol–water partition coefficient (Wildman–Crippen LogP) is 4.27. The topological polar surface area (TPSA) is 42.5 Å². The molecule has 6 heteroatoms. The van der Waals surface area contributed by atoms with E-state index in [4.69, 9.17) is 9.47 Å². The Hall–Kier alpha value is -1.63. The molecule has 2 aromatic carbocycles. The van der Waals surface area contributed by atoms with Crippen molar-refractivity contribution in [2.75, 3.05) is 26.7 Å². The van der Waals surface area contributed by atoms with Gasteiger partial charge in [-0.3, -0.25) is 0 Å². The van der Waals surface area contributed by atoms with Gasteiger partial charge >= 0.3 is 0 Å². The van der Waals surface area contributed by atoms with Crippen molar-refractivity contribution in [2.45, 2.75) is 26.5 Å². The van der Waals surface area contributed by atoms with Gasteiger partial charge in [-0.25, -0.2) is 4.39 Å². The van der Waals surface area contributed by atoms with Crippen LogP contribution in [0.2, 0.25) is 0 Å². The van der Waals surface area contributed by atoms with E-state index in [1.165, 1.54) is 12.1 Å². The Labute approximate surface area is 163 Å². The van der Waals surface area contributed by atoms with E-state index in [1.807, 2.05) is 26.1 Å². The van der Waals surface area contributed by atoms with Crippen LogP contribution in [0.4, 0.5) is 4.39 Å². The summed E-state index contributed by atoms with van der Waals surface area (Å²) in [5.41, 5.74) is 2.02. The molecule has 0 aliphatic heterocycles. The number of hydrogen-bond donors (Lipinski definition) is 2. The molecule has 0 spiro atoms. The highest BCUT2D eigenvalue weighted by Crippen LogP contribution is 2.37. The molecule has 0 saturated heterocycles. The largest absolute Gasteiger partial charge is 0.490 e. The van der Waals surface area contributed by atoms with Crippen molar-refractivity contribution in [3.8, 4) is 11.5 Å². The van der Waals surface area contributed by atoms with Crippen LogP contribution < -0.4 is 20.1 Å². The van der Waals surface area contributed by atoms with Crippen LogP contribution >= 0.6 is 15.9 Å². The van der Waals surface area contributed by atoms with Crippen molar-refractivity contribution in [3.63, 3.8) is 0 Å². The van der Waals surface area contributed by atoms with Crippen LogP contribution in [0.15, 0.2) is 40.9 Å². The Balaban J connectivity index is 2.03. The fourth-order valence-electron chi connectivity index (χ4n) is 2.49. The predicted molar refractivity (Wildman–Crippen MR) is 106 cm³/mol. The quantitative estimate of drug-likeness (QED) is 0.528. The van der Waals surface area contributed by atoms with Crippen LogP contribution in [-0.2, 0) is 13.2 Å². The zero-order valence-corrected chi connectivity index (χ0v) is 16.9. The summed E-state index contributed by atoms with van der Waals surface area (Å²) < 4.78 is 25.6. The Kier molecular flexibility index (Phi) is 8.88. The monoisotopic (exact) mass is 424 g/mol. The lowest BCUT2D eigenvalue weighted by Gasteiger charge is -2.16. The summed E-state index contributed by atoms with van der Waals surface area (Å²) in [6.07, 6.45) is 1.08. The molecule has 0 fully saturated rings. The molecule has 2 rings (SSSR count). The smallest absolute Gasteiger partial charge is 0.175 e. The Morgan fingerprint density at radius 3 is 2.50 bits per heavy atom. The van der Waals surface area contributed by atoms with Crippen molar-refractivity contribution in [3.05, 3.63) is 57.8 Å². The molecule has 0 aliphatic rings. The Morgan fingerprint density at radius 2 is 1.81 bits per heavy atom. The molecule has 0 aromatic heterocycles. The zero-order chi connectivity index (χ0) is 18.8. The fourth-order valence-corrected chi connectivity index (χ4v) is 3.09. The first-order valence-corrected chi connectivity index (χ1v) is 9.61. The third-order valence-electron chi connectivity index (χ3n) is 3.78. The summed E-state index contributed by atoms with van der Waals surface area (Å²) in [5.74, 6) is 1.11. The molecular formula is C20H26BrFN2O2. The van der Waals surface area contributed by atoms with Crippen molar-refractivity contribution in [2.24, 2.45) is 0 Å². The molecule has 0 radical (unpaired) electrons. The maximum atomic E-state index is 13.0. The van der Waals surface area contributed by atoms with E-state index in [2.05, 4.69) is 26.6 Å². The third-order valence-corrected chi connectivity index (χ3v) is 4.36. The van der Waals surface area contributed by atoms with Crippen molar-refractivity contribution < 1.29 is 13.9 Å². The zero-order valence-electron chi connectivity index (χ0n) is 15.3. The lowest BCUT2D eigenvalue weighted by molar-refractivity contribution is 0.267. The van der Waals surface area contributed by atoms with Gasteiger partial charge in [0.05, 0.1) is 11.1 Å². The van der Waals surface area contributed by atoms with Crippen molar-refractivity contribution >= 4 is 15.9 Å². The van der Waals surface area contributed by atoms with Crippen LogP contribution in [0.3, 0.4) is 0 Å². The number of ether oxygens (including phenoxy) is 2. The first-order chi connectivity index (χ1) is 12.6. The Morgan fingerprint density at radius 1 is 1.04 bits per heavy atom. The van der Waals surface area contributed by atoms with Crippen LogP contribution in [0, 0.1) is 5.82 Å². The van der Waals surface area contributed by atoms with Gasteiger partial charge in [-0.2, -0.15) is 0 Å². The summed E-state index contributed by atoms with van der Waals surface area (Å²) in [4.78, 5) is 0. The lowest BCUT2D eigenvalue weighted by Crippen LogP contribution is -2.19. The molecule has 0 unspecified atom stereocenters. The minimum Gasteiger partial charge on any atom is -0.490 e. The average Bonchev–Trinajstić information content (AvgIpc) is 2.62. The third kappa shape index (κ3) is 6.59. The molecule has 2 aromatic rings. The molecular weight excluding hydrogens is 399 g/mol. The summed E-state index contributed by atoms with van der Waals surface area (Å²) in [6.45, 7) is 5.56. The van der Waals surface area contributed by atoms with E-state index in [9.17, 15) is 4.39 Å². The van der Waals surface area contributed by atoms with E-state index in [1.54, 1.807) is 12.1 Å². The molecule has 142 valence electrons. The standard InChI is InChI=1S/C20H26BrFN2O2/c1-3-25-19-12-16(13-24-10-4-9-23-2)11-18(21)20(19)26-14-15-5-7-17(22)8-6-15/h5-8,11-12,23-24H,3-4,9-10,13-14H2,1-2H3. The Bertz CT molecular complexity index is 680. The van der Waals surface area contributed by atoms with Crippen LogP contribution in [0.1, 0.15) is 24.5 Å². The van der Waals surface area contributed by atoms with Gasteiger partial charge in [0, 0.05) is 6.54 Å². The minimum atomic E-state index is -0.253. The second-order valence-corrected chi connectivity index (χ2v) is 6.74. The number of hydrogen-bond acceptors (Lipinski definition) is 4. The van der Waals surface area contributed by atoms with Gasteiger partial charge in [0.1, 0.15) is 12.4 Å². The highest BCUT2D eigenvalue weighted by molar-refractivity contribution is 9.10.